The maximum absolute atomic E-state index is 5.50. The second-order valence-corrected chi connectivity index (χ2v) is 5.75. The standard InChI is InChI=1S/C17H18N2S/c1-12-8-9-15-16(10-12)19(17(20)18-15)13(2)11-14-6-4-3-5-7-14/h3-10,13H,11H2,1-2H3,(H,18,20). The molecule has 1 heterocycles. The van der Waals surface area contributed by atoms with Crippen LogP contribution in [-0.4, -0.2) is 9.55 Å². The molecule has 0 amide bonds. The largest absolute Gasteiger partial charge is 0.331 e. The molecule has 1 aromatic heterocycles. The number of fused-ring (bicyclic) bond motifs is 1. The SMILES string of the molecule is Cc1ccc2[nH]c(=S)n(C(C)Cc3ccccc3)c2c1. The molecule has 20 heavy (non-hydrogen) atoms. The maximum atomic E-state index is 5.50. The molecular formula is C17H18N2S. The molecule has 0 saturated heterocycles. The van der Waals surface area contributed by atoms with E-state index >= 15 is 0 Å². The van der Waals surface area contributed by atoms with Crippen molar-refractivity contribution in [3.05, 3.63) is 64.4 Å². The first-order valence-corrected chi connectivity index (χ1v) is 7.31. The molecule has 2 nitrogen and oxygen atoms in total. The Morgan fingerprint density at radius 1 is 1.15 bits per heavy atom. The van der Waals surface area contributed by atoms with Crippen LogP contribution in [0, 0.1) is 11.7 Å². The average Bonchev–Trinajstić information content (AvgIpc) is 2.75. The first kappa shape index (κ1) is 13.1. The second kappa shape index (κ2) is 5.25. The highest BCUT2D eigenvalue weighted by Gasteiger charge is 2.11. The number of aromatic nitrogens is 2. The average molecular weight is 282 g/mol. The van der Waals surface area contributed by atoms with Gasteiger partial charge in [0.25, 0.3) is 0 Å². The fraction of sp³-hybridized carbons (Fsp3) is 0.235. The first-order valence-electron chi connectivity index (χ1n) is 6.90. The van der Waals surface area contributed by atoms with E-state index < -0.39 is 0 Å². The number of nitrogens with zero attached hydrogens (tertiary/aromatic N) is 1. The Labute approximate surface area is 124 Å². The Bertz CT molecular complexity index is 784. The number of benzene rings is 2. The zero-order chi connectivity index (χ0) is 14.1. The van der Waals surface area contributed by atoms with E-state index in [9.17, 15) is 0 Å². The van der Waals surface area contributed by atoms with Crippen LogP contribution in [0.2, 0.25) is 0 Å². The normalized spacial score (nSPS) is 12.7. The highest BCUT2D eigenvalue weighted by Crippen LogP contribution is 2.22. The number of hydrogen-bond acceptors (Lipinski definition) is 1. The summed E-state index contributed by atoms with van der Waals surface area (Å²) in [6, 6.07) is 17.3. The Kier molecular flexibility index (Phi) is 3.45. The third kappa shape index (κ3) is 2.41. The van der Waals surface area contributed by atoms with Gasteiger partial charge in [-0.25, -0.2) is 0 Å². The van der Waals surface area contributed by atoms with Crippen LogP contribution < -0.4 is 0 Å². The van der Waals surface area contributed by atoms with Crippen molar-refractivity contribution in [2.24, 2.45) is 0 Å². The van der Waals surface area contributed by atoms with Gasteiger partial charge >= 0.3 is 0 Å². The Morgan fingerprint density at radius 2 is 1.90 bits per heavy atom. The number of imidazole rings is 1. The van der Waals surface area contributed by atoms with Crippen molar-refractivity contribution in [1.82, 2.24) is 9.55 Å². The van der Waals surface area contributed by atoms with Crippen LogP contribution in [0.15, 0.2) is 48.5 Å². The molecule has 0 spiro atoms. The van der Waals surface area contributed by atoms with E-state index in [0.29, 0.717) is 6.04 Å². The summed E-state index contributed by atoms with van der Waals surface area (Å²) in [6.45, 7) is 4.33. The molecule has 1 unspecified atom stereocenters. The predicted octanol–water partition coefficient (Wildman–Crippen LogP) is 4.81. The predicted molar refractivity (Wildman–Crippen MR) is 86.7 cm³/mol. The van der Waals surface area contributed by atoms with Crippen molar-refractivity contribution in [3.63, 3.8) is 0 Å². The van der Waals surface area contributed by atoms with Crippen molar-refractivity contribution in [2.45, 2.75) is 26.3 Å². The molecule has 3 heteroatoms. The molecule has 0 aliphatic heterocycles. The number of H-pyrrole nitrogens is 1. The molecule has 0 aliphatic rings. The van der Waals surface area contributed by atoms with Crippen molar-refractivity contribution < 1.29 is 0 Å². The van der Waals surface area contributed by atoms with Crippen molar-refractivity contribution in [3.8, 4) is 0 Å². The van der Waals surface area contributed by atoms with E-state index in [0.717, 1.165) is 16.7 Å². The van der Waals surface area contributed by atoms with Crippen LogP contribution in [0.1, 0.15) is 24.1 Å². The van der Waals surface area contributed by atoms with Crippen LogP contribution in [0.3, 0.4) is 0 Å². The van der Waals surface area contributed by atoms with Crippen LogP contribution in [0.25, 0.3) is 11.0 Å². The monoisotopic (exact) mass is 282 g/mol. The summed E-state index contributed by atoms with van der Waals surface area (Å²) in [7, 11) is 0. The smallest absolute Gasteiger partial charge is 0.178 e. The molecule has 0 fully saturated rings. The molecular weight excluding hydrogens is 264 g/mol. The first-order chi connectivity index (χ1) is 9.65. The Balaban J connectivity index is 2.03. The summed E-state index contributed by atoms with van der Waals surface area (Å²) in [4.78, 5) is 3.30. The van der Waals surface area contributed by atoms with Crippen LogP contribution in [-0.2, 0) is 6.42 Å². The second-order valence-electron chi connectivity index (χ2n) is 5.36. The van der Waals surface area contributed by atoms with E-state index in [2.05, 4.69) is 71.9 Å². The molecule has 102 valence electrons. The van der Waals surface area contributed by atoms with Gasteiger partial charge in [-0.2, -0.15) is 0 Å². The van der Waals surface area contributed by atoms with Gasteiger partial charge in [-0.1, -0.05) is 36.4 Å². The molecule has 0 radical (unpaired) electrons. The van der Waals surface area contributed by atoms with Gasteiger partial charge in [0.15, 0.2) is 4.77 Å². The van der Waals surface area contributed by atoms with Gasteiger partial charge in [0.05, 0.1) is 11.0 Å². The lowest BCUT2D eigenvalue weighted by atomic mass is 10.1. The topological polar surface area (TPSA) is 20.7 Å². The van der Waals surface area contributed by atoms with Gasteiger partial charge in [0.1, 0.15) is 0 Å². The molecule has 0 bridgehead atoms. The molecule has 2 aromatic carbocycles. The third-order valence-electron chi connectivity index (χ3n) is 3.69. The van der Waals surface area contributed by atoms with Crippen molar-refractivity contribution >= 4 is 23.3 Å². The van der Waals surface area contributed by atoms with Gasteiger partial charge < -0.3 is 9.55 Å². The van der Waals surface area contributed by atoms with E-state index in [1.165, 1.54) is 16.6 Å². The Hall–Kier alpha value is -1.87. The van der Waals surface area contributed by atoms with Crippen LogP contribution in [0.5, 0.6) is 0 Å². The summed E-state index contributed by atoms with van der Waals surface area (Å²) in [5.74, 6) is 0. The molecule has 3 rings (SSSR count). The van der Waals surface area contributed by atoms with Gasteiger partial charge in [-0.05, 0) is 55.7 Å². The number of rotatable bonds is 3. The zero-order valence-electron chi connectivity index (χ0n) is 11.8. The summed E-state index contributed by atoms with van der Waals surface area (Å²) in [5, 5.41) is 0. The van der Waals surface area contributed by atoms with Crippen LogP contribution in [0.4, 0.5) is 0 Å². The van der Waals surface area contributed by atoms with Gasteiger partial charge in [0.2, 0.25) is 0 Å². The van der Waals surface area contributed by atoms with E-state index in [4.69, 9.17) is 12.2 Å². The summed E-state index contributed by atoms with van der Waals surface area (Å²) >= 11 is 5.50. The van der Waals surface area contributed by atoms with Gasteiger partial charge in [-0.3, -0.25) is 0 Å². The lowest BCUT2D eigenvalue weighted by Crippen LogP contribution is -2.08. The molecule has 1 atom stereocenters. The van der Waals surface area contributed by atoms with Crippen molar-refractivity contribution in [2.75, 3.05) is 0 Å². The third-order valence-corrected chi connectivity index (χ3v) is 3.99. The fourth-order valence-electron chi connectivity index (χ4n) is 2.72. The quantitative estimate of drug-likeness (QED) is 0.684. The summed E-state index contributed by atoms with van der Waals surface area (Å²) < 4.78 is 3.03. The summed E-state index contributed by atoms with van der Waals surface area (Å²) in [6.07, 6.45) is 0.982. The number of aryl methyl sites for hydroxylation is 1. The fourth-order valence-corrected chi connectivity index (χ4v) is 3.10. The van der Waals surface area contributed by atoms with Crippen LogP contribution >= 0.6 is 12.2 Å². The highest BCUT2D eigenvalue weighted by molar-refractivity contribution is 7.71. The zero-order valence-corrected chi connectivity index (χ0v) is 12.6. The van der Waals surface area contributed by atoms with E-state index in [1.54, 1.807) is 0 Å². The number of hydrogen-bond donors (Lipinski definition) is 1. The van der Waals surface area contributed by atoms with Gasteiger partial charge in [0, 0.05) is 6.04 Å². The lowest BCUT2D eigenvalue weighted by Gasteiger charge is -2.15. The molecule has 1 N–H and O–H groups in total. The molecule has 3 aromatic rings. The van der Waals surface area contributed by atoms with E-state index in [1.807, 2.05) is 0 Å². The minimum absolute atomic E-state index is 0.334. The number of aromatic amines is 1. The molecule has 0 aliphatic carbocycles. The summed E-state index contributed by atoms with van der Waals surface area (Å²) in [5.41, 5.74) is 4.90. The minimum atomic E-state index is 0.334. The lowest BCUT2D eigenvalue weighted by molar-refractivity contribution is 0.553. The highest BCUT2D eigenvalue weighted by atomic mass is 32.1. The maximum Gasteiger partial charge on any atom is 0.178 e. The van der Waals surface area contributed by atoms with Crippen molar-refractivity contribution in [1.29, 1.82) is 0 Å². The van der Waals surface area contributed by atoms with Gasteiger partial charge in [-0.15, -0.1) is 0 Å². The molecule has 0 saturated carbocycles. The minimum Gasteiger partial charge on any atom is -0.331 e. The van der Waals surface area contributed by atoms with E-state index in [-0.39, 0.29) is 0 Å². The number of nitrogens with one attached hydrogen (secondary N) is 1. The Morgan fingerprint density at radius 3 is 2.65 bits per heavy atom.